The second-order valence-electron chi connectivity index (χ2n) is 7.00. The zero-order valence-corrected chi connectivity index (χ0v) is 16.8. The normalized spacial score (nSPS) is 12.2. The van der Waals surface area contributed by atoms with Crippen molar-refractivity contribution < 1.29 is 0 Å². The van der Waals surface area contributed by atoms with Crippen LogP contribution in [0, 0.1) is 6.92 Å². The zero-order chi connectivity index (χ0) is 20.2. The summed E-state index contributed by atoms with van der Waals surface area (Å²) in [5, 5.41) is 5.45. The highest BCUT2D eigenvalue weighted by molar-refractivity contribution is 6.30. The van der Waals surface area contributed by atoms with E-state index in [1.165, 1.54) is 5.56 Å². The van der Waals surface area contributed by atoms with Gasteiger partial charge < -0.3 is 10.3 Å². The Morgan fingerprint density at radius 2 is 1.93 bits per heavy atom. The number of nitrogens with zero attached hydrogens (tertiary/aromatic N) is 2. The van der Waals surface area contributed by atoms with E-state index < -0.39 is 0 Å². The van der Waals surface area contributed by atoms with Gasteiger partial charge in [0.25, 0.3) is 5.56 Å². The maximum absolute atomic E-state index is 11.9. The van der Waals surface area contributed by atoms with E-state index in [0.717, 1.165) is 22.2 Å². The van der Waals surface area contributed by atoms with Crippen molar-refractivity contribution in [3.63, 3.8) is 0 Å². The number of H-pyrrole nitrogens is 1. The molecule has 1 atom stereocenters. The summed E-state index contributed by atoms with van der Waals surface area (Å²) in [4.78, 5) is 23.5. The molecule has 146 valence electrons. The maximum atomic E-state index is 11.9. The minimum Gasteiger partial charge on any atom is -0.311 e. The van der Waals surface area contributed by atoms with E-state index in [9.17, 15) is 4.79 Å². The number of fused-ring (bicyclic) bond motifs is 1. The molecule has 5 nitrogen and oxygen atoms in total. The summed E-state index contributed by atoms with van der Waals surface area (Å²) in [5.41, 5.74) is 3.85. The molecule has 0 bridgehead atoms. The molecule has 29 heavy (non-hydrogen) atoms. The number of rotatable bonds is 6. The van der Waals surface area contributed by atoms with Crippen LogP contribution in [-0.4, -0.2) is 15.0 Å². The van der Waals surface area contributed by atoms with Crippen LogP contribution in [0.5, 0.6) is 0 Å². The first-order valence-corrected chi connectivity index (χ1v) is 9.84. The van der Waals surface area contributed by atoms with Crippen LogP contribution in [0.3, 0.4) is 0 Å². The molecule has 0 aliphatic heterocycles. The smallest absolute Gasteiger partial charge is 0.251 e. The summed E-state index contributed by atoms with van der Waals surface area (Å²) in [7, 11) is 0. The van der Waals surface area contributed by atoms with Crippen molar-refractivity contribution in [1.29, 1.82) is 0 Å². The van der Waals surface area contributed by atoms with Gasteiger partial charge in [-0.15, -0.1) is 0 Å². The first-order valence-electron chi connectivity index (χ1n) is 9.47. The fourth-order valence-electron chi connectivity index (χ4n) is 3.51. The van der Waals surface area contributed by atoms with Crippen LogP contribution in [0.1, 0.15) is 28.7 Å². The van der Waals surface area contributed by atoms with Gasteiger partial charge in [-0.1, -0.05) is 41.9 Å². The molecule has 0 saturated carbocycles. The van der Waals surface area contributed by atoms with E-state index in [1.807, 2.05) is 42.5 Å². The summed E-state index contributed by atoms with van der Waals surface area (Å²) in [6, 6.07) is 19.5. The SMILES string of the molecule is Cc1nc(C[C@@H](NCc2cccc3ncccc23)c2ccc(Cl)cc2)cc(=O)[nH]1. The van der Waals surface area contributed by atoms with E-state index in [-0.39, 0.29) is 11.6 Å². The highest BCUT2D eigenvalue weighted by Crippen LogP contribution is 2.22. The summed E-state index contributed by atoms with van der Waals surface area (Å²) in [6.07, 6.45) is 2.40. The summed E-state index contributed by atoms with van der Waals surface area (Å²) >= 11 is 6.07. The molecular weight excluding hydrogens is 384 g/mol. The molecule has 0 spiro atoms. The average Bonchev–Trinajstić information content (AvgIpc) is 2.71. The molecule has 0 unspecified atom stereocenters. The van der Waals surface area contributed by atoms with Gasteiger partial charge in [0.2, 0.25) is 0 Å². The second kappa shape index (κ2) is 8.55. The molecule has 4 rings (SSSR count). The van der Waals surface area contributed by atoms with E-state index in [1.54, 1.807) is 19.2 Å². The summed E-state index contributed by atoms with van der Waals surface area (Å²) in [5.74, 6) is 0.613. The molecule has 0 amide bonds. The fourth-order valence-corrected chi connectivity index (χ4v) is 3.64. The Labute approximate surface area is 173 Å². The van der Waals surface area contributed by atoms with Crippen LogP contribution < -0.4 is 10.9 Å². The molecule has 0 saturated heterocycles. The molecule has 2 aromatic carbocycles. The molecule has 4 aromatic rings. The Balaban J connectivity index is 1.62. The Kier molecular flexibility index (Phi) is 5.69. The number of hydrogen-bond donors (Lipinski definition) is 2. The lowest BCUT2D eigenvalue weighted by atomic mass is 10.0. The quantitative estimate of drug-likeness (QED) is 0.501. The van der Waals surface area contributed by atoms with Crippen LogP contribution in [0.4, 0.5) is 0 Å². The van der Waals surface area contributed by atoms with Crippen molar-refractivity contribution >= 4 is 22.5 Å². The first-order chi connectivity index (χ1) is 14.1. The first kappa shape index (κ1) is 19.3. The van der Waals surface area contributed by atoms with Crippen molar-refractivity contribution in [2.75, 3.05) is 0 Å². The van der Waals surface area contributed by atoms with E-state index in [2.05, 4.69) is 32.4 Å². The number of hydrogen-bond acceptors (Lipinski definition) is 4. The molecule has 0 aliphatic rings. The zero-order valence-electron chi connectivity index (χ0n) is 16.0. The van der Waals surface area contributed by atoms with Gasteiger partial charge in [-0.3, -0.25) is 9.78 Å². The van der Waals surface area contributed by atoms with Gasteiger partial charge in [0.05, 0.1) is 5.52 Å². The van der Waals surface area contributed by atoms with Gasteiger partial charge in [0.15, 0.2) is 0 Å². The molecule has 2 aromatic heterocycles. The van der Waals surface area contributed by atoms with Crippen LogP contribution in [-0.2, 0) is 13.0 Å². The van der Waals surface area contributed by atoms with E-state index in [0.29, 0.717) is 23.8 Å². The number of nitrogens with one attached hydrogen (secondary N) is 2. The van der Waals surface area contributed by atoms with Gasteiger partial charge in [-0.05, 0) is 42.3 Å². The van der Waals surface area contributed by atoms with Gasteiger partial charge in [-0.2, -0.15) is 0 Å². The van der Waals surface area contributed by atoms with Crippen LogP contribution in [0.2, 0.25) is 5.02 Å². The predicted molar refractivity (Wildman–Crippen MR) is 116 cm³/mol. The minimum absolute atomic E-state index is 0.0205. The number of benzene rings is 2. The fraction of sp³-hybridized carbons (Fsp3) is 0.174. The lowest BCUT2D eigenvalue weighted by molar-refractivity contribution is 0.525. The van der Waals surface area contributed by atoms with Crippen molar-refractivity contribution in [3.05, 3.63) is 105 Å². The lowest BCUT2D eigenvalue weighted by Crippen LogP contribution is -2.24. The standard InChI is InChI=1S/C23H21ClN4O/c1-15-27-19(13-23(29)28-15)12-22(16-7-9-18(24)10-8-16)26-14-17-4-2-6-21-20(17)5-3-11-25-21/h2-11,13,22,26H,12,14H2,1H3,(H,27,28,29)/t22-/m1/s1. The molecule has 6 heteroatoms. The van der Waals surface area contributed by atoms with Gasteiger partial charge in [0, 0.05) is 47.4 Å². The highest BCUT2D eigenvalue weighted by atomic mass is 35.5. The molecule has 0 radical (unpaired) electrons. The Morgan fingerprint density at radius 1 is 1.10 bits per heavy atom. The van der Waals surface area contributed by atoms with Crippen molar-refractivity contribution in [2.24, 2.45) is 0 Å². The number of pyridine rings is 1. The molecular formula is C23H21ClN4O. The minimum atomic E-state index is -0.137. The van der Waals surface area contributed by atoms with Crippen molar-refractivity contribution in [2.45, 2.75) is 25.9 Å². The highest BCUT2D eigenvalue weighted by Gasteiger charge is 2.14. The lowest BCUT2D eigenvalue weighted by Gasteiger charge is -2.20. The number of aromatic nitrogens is 3. The van der Waals surface area contributed by atoms with E-state index >= 15 is 0 Å². The van der Waals surface area contributed by atoms with Gasteiger partial charge in [0.1, 0.15) is 5.82 Å². The van der Waals surface area contributed by atoms with Crippen molar-refractivity contribution in [3.8, 4) is 0 Å². The Bertz CT molecular complexity index is 1180. The molecule has 2 N–H and O–H groups in total. The maximum Gasteiger partial charge on any atom is 0.251 e. The molecule has 0 aliphatic carbocycles. The van der Waals surface area contributed by atoms with Crippen LogP contribution in [0.25, 0.3) is 10.9 Å². The number of halogens is 1. The van der Waals surface area contributed by atoms with Crippen LogP contribution in [0.15, 0.2) is 71.7 Å². The largest absolute Gasteiger partial charge is 0.311 e. The monoisotopic (exact) mass is 404 g/mol. The molecule has 2 heterocycles. The average molecular weight is 405 g/mol. The van der Waals surface area contributed by atoms with E-state index in [4.69, 9.17) is 11.6 Å². The Hall–Kier alpha value is -3.02. The van der Waals surface area contributed by atoms with Gasteiger partial charge >= 0.3 is 0 Å². The number of aromatic amines is 1. The third kappa shape index (κ3) is 4.70. The van der Waals surface area contributed by atoms with Crippen molar-refractivity contribution in [1.82, 2.24) is 20.3 Å². The second-order valence-corrected chi connectivity index (χ2v) is 7.43. The number of aryl methyl sites for hydroxylation is 1. The summed E-state index contributed by atoms with van der Waals surface area (Å²) < 4.78 is 0. The third-order valence-electron chi connectivity index (χ3n) is 4.87. The third-order valence-corrected chi connectivity index (χ3v) is 5.13. The summed E-state index contributed by atoms with van der Waals surface area (Å²) in [6.45, 7) is 2.46. The van der Waals surface area contributed by atoms with Crippen LogP contribution >= 0.6 is 11.6 Å². The topological polar surface area (TPSA) is 70.7 Å². The molecule has 0 fully saturated rings. The predicted octanol–water partition coefficient (Wildman–Crippen LogP) is 4.35. The van der Waals surface area contributed by atoms with Gasteiger partial charge in [-0.25, -0.2) is 4.98 Å². The Morgan fingerprint density at radius 3 is 2.72 bits per heavy atom.